The summed E-state index contributed by atoms with van der Waals surface area (Å²) in [4.78, 5) is 19.1. The third-order valence-corrected chi connectivity index (χ3v) is 5.85. The number of hydrogen-bond acceptors (Lipinski definition) is 5. The van der Waals surface area contributed by atoms with Crippen LogP contribution in [0.2, 0.25) is 0 Å². The maximum absolute atomic E-state index is 13.3. The second-order valence-corrected chi connectivity index (χ2v) is 8.37. The summed E-state index contributed by atoms with van der Waals surface area (Å²) in [6.07, 6.45) is 3.08. The summed E-state index contributed by atoms with van der Waals surface area (Å²) in [7, 11) is 4.01. The quantitative estimate of drug-likeness (QED) is 0.544. The van der Waals surface area contributed by atoms with Crippen molar-refractivity contribution in [2.45, 2.75) is 26.3 Å². The van der Waals surface area contributed by atoms with Gasteiger partial charge in [-0.05, 0) is 30.2 Å². The van der Waals surface area contributed by atoms with Crippen molar-refractivity contribution in [2.75, 3.05) is 14.1 Å². The molecule has 0 unspecified atom stereocenters. The molecule has 2 aromatic carbocycles. The standard InChI is InChI=1S/C22H22N2O3S/c1-4-7-13-10-14-20(26)16(22-23-17-8-5-6-9-18(17)28-22)12-27-21(14)15(19(13)25)11-24(2)3/h5-6,8-10,12,25H,4,7,11H2,1-3H3/p+1. The monoisotopic (exact) mass is 395 g/mol. The molecule has 0 aliphatic carbocycles. The lowest BCUT2D eigenvalue weighted by atomic mass is 9.99. The van der Waals surface area contributed by atoms with Gasteiger partial charge in [0.05, 0.1) is 40.8 Å². The van der Waals surface area contributed by atoms with Crippen molar-refractivity contribution in [3.63, 3.8) is 0 Å². The van der Waals surface area contributed by atoms with E-state index in [1.807, 2.05) is 38.4 Å². The fourth-order valence-electron chi connectivity index (χ4n) is 3.50. The second kappa shape index (κ2) is 7.37. The van der Waals surface area contributed by atoms with Crippen LogP contribution in [-0.2, 0) is 13.0 Å². The fourth-order valence-corrected chi connectivity index (χ4v) is 4.47. The van der Waals surface area contributed by atoms with Gasteiger partial charge in [0.15, 0.2) is 0 Å². The van der Waals surface area contributed by atoms with Crippen molar-refractivity contribution in [1.82, 2.24) is 4.98 Å². The highest BCUT2D eigenvalue weighted by Gasteiger charge is 2.21. The van der Waals surface area contributed by atoms with E-state index in [1.54, 1.807) is 6.07 Å². The highest BCUT2D eigenvalue weighted by Crippen LogP contribution is 2.33. The Hall–Kier alpha value is -2.70. The minimum Gasteiger partial charge on any atom is -0.507 e. The molecule has 2 N–H and O–H groups in total. The molecule has 0 aliphatic rings. The van der Waals surface area contributed by atoms with Gasteiger partial charge in [-0.25, -0.2) is 4.98 Å². The molecule has 0 saturated carbocycles. The number of aromatic hydroxyl groups is 1. The molecule has 0 radical (unpaired) electrons. The van der Waals surface area contributed by atoms with Crippen molar-refractivity contribution in [1.29, 1.82) is 0 Å². The minimum atomic E-state index is -0.104. The summed E-state index contributed by atoms with van der Waals surface area (Å²) < 4.78 is 6.95. The third kappa shape index (κ3) is 3.19. The van der Waals surface area contributed by atoms with E-state index in [0.29, 0.717) is 40.1 Å². The summed E-state index contributed by atoms with van der Waals surface area (Å²) in [6.45, 7) is 2.63. The molecule has 28 heavy (non-hydrogen) atoms. The molecule has 144 valence electrons. The normalized spacial score (nSPS) is 11.7. The lowest BCUT2D eigenvalue weighted by molar-refractivity contribution is -0.872. The highest BCUT2D eigenvalue weighted by molar-refractivity contribution is 7.21. The van der Waals surface area contributed by atoms with Gasteiger partial charge < -0.3 is 14.4 Å². The van der Waals surface area contributed by atoms with Gasteiger partial charge >= 0.3 is 0 Å². The summed E-state index contributed by atoms with van der Waals surface area (Å²) in [5.74, 6) is 0.242. The maximum Gasteiger partial charge on any atom is 0.202 e. The van der Waals surface area contributed by atoms with E-state index >= 15 is 0 Å². The first-order chi connectivity index (χ1) is 13.5. The molecule has 2 heterocycles. The number of thiazole rings is 1. The molecule has 0 amide bonds. The Morgan fingerprint density at radius 1 is 1.25 bits per heavy atom. The molecule has 0 aliphatic heterocycles. The van der Waals surface area contributed by atoms with Crippen molar-refractivity contribution < 1.29 is 14.4 Å². The van der Waals surface area contributed by atoms with E-state index in [2.05, 4.69) is 11.9 Å². The van der Waals surface area contributed by atoms with Crippen LogP contribution >= 0.6 is 11.3 Å². The Balaban J connectivity index is 1.97. The van der Waals surface area contributed by atoms with Gasteiger partial charge in [-0.15, -0.1) is 11.3 Å². The third-order valence-electron chi connectivity index (χ3n) is 4.79. The number of hydrogen-bond donors (Lipinski definition) is 2. The number of phenolic OH excluding ortho intramolecular Hbond substituents is 1. The average molecular weight is 396 g/mol. The van der Waals surface area contributed by atoms with Crippen LogP contribution in [0.4, 0.5) is 0 Å². The van der Waals surface area contributed by atoms with Crippen LogP contribution in [0.5, 0.6) is 5.75 Å². The molecule has 2 aromatic heterocycles. The van der Waals surface area contributed by atoms with Crippen LogP contribution in [0.1, 0.15) is 24.5 Å². The molecule has 4 aromatic rings. The number of nitrogens with zero attached hydrogens (tertiary/aromatic N) is 1. The number of rotatable bonds is 5. The molecular formula is C22H23N2O3S+. The number of para-hydroxylation sites is 1. The Bertz CT molecular complexity index is 1190. The zero-order chi connectivity index (χ0) is 19.8. The van der Waals surface area contributed by atoms with Crippen molar-refractivity contribution >= 4 is 32.5 Å². The summed E-state index contributed by atoms with van der Waals surface area (Å²) >= 11 is 1.48. The predicted octanol–water partition coefficient (Wildman–Crippen LogP) is 3.37. The summed E-state index contributed by atoms with van der Waals surface area (Å²) in [5.41, 5.74) is 3.18. The van der Waals surface area contributed by atoms with Gasteiger partial charge in [0.2, 0.25) is 5.43 Å². The Kier molecular flexibility index (Phi) is 4.91. The van der Waals surface area contributed by atoms with E-state index in [9.17, 15) is 9.90 Å². The van der Waals surface area contributed by atoms with Crippen LogP contribution in [0.15, 0.2) is 45.8 Å². The number of benzene rings is 2. The minimum absolute atomic E-state index is 0.104. The molecular weight excluding hydrogens is 372 g/mol. The number of aromatic nitrogens is 1. The smallest absolute Gasteiger partial charge is 0.202 e. The maximum atomic E-state index is 13.3. The zero-order valence-corrected chi connectivity index (χ0v) is 17.0. The Morgan fingerprint density at radius 2 is 2.04 bits per heavy atom. The van der Waals surface area contributed by atoms with Crippen LogP contribution in [0.25, 0.3) is 31.8 Å². The van der Waals surface area contributed by atoms with Crippen LogP contribution < -0.4 is 10.3 Å². The van der Waals surface area contributed by atoms with E-state index in [4.69, 9.17) is 4.42 Å². The molecule has 0 saturated heterocycles. The van der Waals surface area contributed by atoms with Crippen molar-refractivity contribution in [3.8, 4) is 16.3 Å². The molecule has 5 nitrogen and oxygen atoms in total. The number of phenols is 1. The van der Waals surface area contributed by atoms with Gasteiger partial charge in [-0.2, -0.15) is 0 Å². The lowest BCUT2D eigenvalue weighted by Gasteiger charge is -2.14. The van der Waals surface area contributed by atoms with Gasteiger partial charge in [0.1, 0.15) is 29.1 Å². The number of fused-ring (bicyclic) bond motifs is 2. The second-order valence-electron chi connectivity index (χ2n) is 7.34. The molecule has 4 rings (SSSR count). The number of quaternary nitrogens is 1. The van der Waals surface area contributed by atoms with Gasteiger partial charge in [-0.3, -0.25) is 4.79 Å². The SMILES string of the molecule is CCCc1cc2c(=O)c(-c3nc4ccccc4s3)coc2c(C[NH+](C)C)c1O. The fraction of sp³-hybridized carbons (Fsp3) is 0.273. The van der Waals surface area contributed by atoms with E-state index in [0.717, 1.165) is 27.1 Å². The zero-order valence-electron chi connectivity index (χ0n) is 16.2. The summed E-state index contributed by atoms with van der Waals surface area (Å²) in [5, 5.41) is 11.9. The van der Waals surface area contributed by atoms with Gasteiger partial charge in [0, 0.05) is 0 Å². The summed E-state index contributed by atoms with van der Waals surface area (Å²) in [6, 6.07) is 9.61. The number of nitrogens with one attached hydrogen (secondary N) is 1. The highest BCUT2D eigenvalue weighted by atomic mass is 32.1. The van der Waals surface area contributed by atoms with E-state index < -0.39 is 0 Å². The Labute approximate surface area is 166 Å². The lowest BCUT2D eigenvalue weighted by Crippen LogP contribution is -3.04. The number of aryl methyl sites for hydroxylation is 1. The van der Waals surface area contributed by atoms with Gasteiger partial charge in [-0.1, -0.05) is 25.5 Å². The Morgan fingerprint density at radius 3 is 2.75 bits per heavy atom. The molecule has 0 bridgehead atoms. The molecule has 6 heteroatoms. The van der Waals surface area contributed by atoms with Crippen LogP contribution in [0, 0.1) is 0 Å². The van der Waals surface area contributed by atoms with Crippen LogP contribution in [-0.4, -0.2) is 24.2 Å². The first kappa shape index (κ1) is 18.7. The average Bonchev–Trinajstić information content (AvgIpc) is 3.09. The van der Waals surface area contributed by atoms with E-state index in [1.165, 1.54) is 17.6 Å². The molecule has 0 atom stereocenters. The van der Waals surface area contributed by atoms with Gasteiger partial charge in [0.25, 0.3) is 0 Å². The van der Waals surface area contributed by atoms with E-state index in [-0.39, 0.29) is 11.2 Å². The van der Waals surface area contributed by atoms with Crippen LogP contribution in [0.3, 0.4) is 0 Å². The molecule has 0 fully saturated rings. The van der Waals surface area contributed by atoms with Crippen molar-refractivity contribution in [3.05, 3.63) is 57.9 Å². The first-order valence-corrected chi connectivity index (χ1v) is 10.3. The first-order valence-electron chi connectivity index (χ1n) is 9.43. The predicted molar refractivity (Wildman–Crippen MR) is 113 cm³/mol. The topological polar surface area (TPSA) is 67.8 Å². The van der Waals surface area contributed by atoms with Crippen molar-refractivity contribution in [2.24, 2.45) is 0 Å². The molecule has 0 spiro atoms. The largest absolute Gasteiger partial charge is 0.507 e.